The Balaban J connectivity index is 1.50. The van der Waals surface area contributed by atoms with Gasteiger partial charge in [-0.3, -0.25) is 10.1 Å². The zero-order valence-corrected chi connectivity index (χ0v) is 18.1. The topological polar surface area (TPSA) is 69.8 Å². The number of hydrogen-bond acceptors (Lipinski definition) is 3. The number of carbonyl (C=O) groups excluding carboxylic acids is 1. The van der Waals surface area contributed by atoms with Crippen molar-refractivity contribution < 1.29 is 4.79 Å². The summed E-state index contributed by atoms with van der Waals surface area (Å²) >= 11 is 17.3. The van der Waals surface area contributed by atoms with Crippen LogP contribution in [0, 0.1) is 6.92 Å². The van der Waals surface area contributed by atoms with Crippen LogP contribution in [-0.2, 0) is 0 Å². The minimum atomic E-state index is -0.315. The summed E-state index contributed by atoms with van der Waals surface area (Å²) < 4.78 is 0. The van der Waals surface area contributed by atoms with Gasteiger partial charge in [0.1, 0.15) is 5.82 Å². The third kappa shape index (κ3) is 4.46. The number of nitrogens with zero attached hydrogens (tertiary/aromatic N) is 1. The molecule has 150 valence electrons. The zero-order valence-electron chi connectivity index (χ0n) is 15.8. The molecule has 1 amide bonds. The number of rotatable bonds is 3. The highest BCUT2D eigenvalue weighted by Crippen LogP contribution is 2.26. The molecular weight excluding hydrogens is 439 g/mol. The summed E-state index contributed by atoms with van der Waals surface area (Å²) in [5.41, 5.74) is 4.76. The number of hydrogen-bond donors (Lipinski definition) is 3. The van der Waals surface area contributed by atoms with E-state index in [4.69, 9.17) is 35.4 Å². The van der Waals surface area contributed by atoms with E-state index in [1.807, 2.05) is 43.3 Å². The molecule has 4 aromatic rings. The maximum atomic E-state index is 12.3. The molecule has 5 nitrogen and oxygen atoms in total. The SMILES string of the molecule is Cc1cc2[nH]c(-c3cccc(NC(=S)NC(=O)c4ccc(Cl)cc4)c3)nc2cc1Cl. The van der Waals surface area contributed by atoms with Crippen LogP contribution in [0.25, 0.3) is 22.4 Å². The summed E-state index contributed by atoms with van der Waals surface area (Å²) in [4.78, 5) is 20.2. The largest absolute Gasteiger partial charge is 0.338 e. The summed E-state index contributed by atoms with van der Waals surface area (Å²) in [7, 11) is 0. The molecule has 8 heteroatoms. The first-order chi connectivity index (χ1) is 14.4. The number of imidazole rings is 1. The molecule has 0 saturated heterocycles. The molecule has 30 heavy (non-hydrogen) atoms. The van der Waals surface area contributed by atoms with Gasteiger partial charge in [-0.05, 0) is 73.2 Å². The third-order valence-corrected chi connectivity index (χ3v) is 5.35. The Morgan fingerprint density at radius 2 is 1.83 bits per heavy atom. The minimum Gasteiger partial charge on any atom is -0.338 e. The van der Waals surface area contributed by atoms with Crippen molar-refractivity contribution in [3.8, 4) is 11.4 Å². The van der Waals surface area contributed by atoms with Crippen molar-refractivity contribution in [3.63, 3.8) is 0 Å². The normalized spacial score (nSPS) is 10.8. The highest BCUT2D eigenvalue weighted by atomic mass is 35.5. The summed E-state index contributed by atoms with van der Waals surface area (Å²) in [6, 6.07) is 18.0. The van der Waals surface area contributed by atoms with Crippen LogP contribution in [0.3, 0.4) is 0 Å². The van der Waals surface area contributed by atoms with Gasteiger partial charge < -0.3 is 10.3 Å². The number of aromatic nitrogens is 2. The summed E-state index contributed by atoms with van der Waals surface area (Å²) in [5, 5.41) is 7.12. The average molecular weight is 455 g/mol. The predicted octanol–water partition coefficient (Wildman–Crippen LogP) is 5.97. The molecule has 0 bridgehead atoms. The maximum Gasteiger partial charge on any atom is 0.257 e. The first kappa shape index (κ1) is 20.3. The van der Waals surface area contributed by atoms with Gasteiger partial charge in [-0.25, -0.2) is 4.98 Å². The summed E-state index contributed by atoms with van der Waals surface area (Å²) in [6.45, 7) is 1.95. The Labute approximate surface area is 188 Å². The lowest BCUT2D eigenvalue weighted by atomic mass is 10.2. The number of nitrogens with one attached hydrogen (secondary N) is 3. The van der Waals surface area contributed by atoms with Gasteiger partial charge in [0.05, 0.1) is 11.0 Å². The van der Waals surface area contributed by atoms with E-state index < -0.39 is 0 Å². The molecule has 3 N–H and O–H groups in total. The molecule has 0 aliphatic rings. The number of benzene rings is 3. The van der Waals surface area contributed by atoms with Crippen LogP contribution in [0.5, 0.6) is 0 Å². The van der Waals surface area contributed by atoms with Crippen LogP contribution in [0.15, 0.2) is 60.7 Å². The Morgan fingerprint density at radius 1 is 1.07 bits per heavy atom. The van der Waals surface area contributed by atoms with Crippen LogP contribution in [0.1, 0.15) is 15.9 Å². The maximum absolute atomic E-state index is 12.3. The summed E-state index contributed by atoms with van der Waals surface area (Å²) in [5.74, 6) is 0.399. The molecule has 3 aromatic carbocycles. The first-order valence-corrected chi connectivity index (χ1v) is 10.2. The van der Waals surface area contributed by atoms with Gasteiger partial charge in [0.25, 0.3) is 5.91 Å². The Bertz CT molecular complexity index is 1230. The van der Waals surface area contributed by atoms with Gasteiger partial charge in [0.2, 0.25) is 0 Å². The number of amides is 1. The lowest BCUT2D eigenvalue weighted by Crippen LogP contribution is -2.34. The lowest BCUT2D eigenvalue weighted by molar-refractivity contribution is 0.0977. The number of fused-ring (bicyclic) bond motifs is 1. The molecule has 0 unspecified atom stereocenters. The number of aryl methyl sites for hydroxylation is 1. The molecule has 0 aliphatic carbocycles. The molecule has 4 rings (SSSR count). The van der Waals surface area contributed by atoms with Crippen LogP contribution < -0.4 is 10.6 Å². The number of halogens is 2. The van der Waals surface area contributed by atoms with Crippen molar-refractivity contribution in [2.75, 3.05) is 5.32 Å². The second kappa shape index (κ2) is 8.44. The monoisotopic (exact) mass is 454 g/mol. The highest BCUT2D eigenvalue weighted by molar-refractivity contribution is 7.80. The first-order valence-electron chi connectivity index (χ1n) is 9.03. The highest BCUT2D eigenvalue weighted by Gasteiger charge is 2.10. The van der Waals surface area contributed by atoms with Crippen LogP contribution in [0.2, 0.25) is 10.0 Å². The predicted molar refractivity (Wildman–Crippen MR) is 126 cm³/mol. The molecule has 0 aliphatic heterocycles. The second-order valence-electron chi connectivity index (χ2n) is 6.70. The molecule has 1 aromatic heterocycles. The molecular formula is C22H16Cl2N4OS. The van der Waals surface area contributed by atoms with E-state index in [2.05, 4.69) is 20.6 Å². The van der Waals surface area contributed by atoms with Crippen molar-refractivity contribution >= 4 is 63.2 Å². The van der Waals surface area contributed by atoms with Gasteiger partial charge in [0, 0.05) is 26.9 Å². The van der Waals surface area contributed by atoms with Crippen LogP contribution in [0.4, 0.5) is 5.69 Å². The second-order valence-corrected chi connectivity index (χ2v) is 7.95. The van der Waals surface area contributed by atoms with Gasteiger partial charge in [-0.1, -0.05) is 35.3 Å². The van der Waals surface area contributed by atoms with Gasteiger partial charge in [-0.15, -0.1) is 0 Å². The van der Waals surface area contributed by atoms with E-state index in [0.717, 1.165) is 27.8 Å². The van der Waals surface area contributed by atoms with Gasteiger partial charge in [-0.2, -0.15) is 0 Å². The van der Waals surface area contributed by atoms with E-state index >= 15 is 0 Å². The fourth-order valence-corrected chi connectivity index (χ4v) is 3.45. The average Bonchev–Trinajstić information content (AvgIpc) is 3.11. The number of thiocarbonyl (C=S) groups is 1. The van der Waals surface area contributed by atoms with Crippen molar-refractivity contribution in [1.29, 1.82) is 0 Å². The van der Waals surface area contributed by atoms with E-state index in [1.54, 1.807) is 24.3 Å². The lowest BCUT2D eigenvalue weighted by Gasteiger charge is -2.10. The van der Waals surface area contributed by atoms with Crippen LogP contribution >= 0.6 is 35.4 Å². The number of anilines is 1. The van der Waals surface area contributed by atoms with E-state index in [0.29, 0.717) is 21.4 Å². The molecule has 1 heterocycles. The quantitative estimate of drug-likeness (QED) is 0.333. The summed E-state index contributed by atoms with van der Waals surface area (Å²) in [6.07, 6.45) is 0. The Morgan fingerprint density at radius 3 is 2.60 bits per heavy atom. The third-order valence-electron chi connectivity index (χ3n) is 4.49. The number of H-pyrrole nitrogens is 1. The van der Waals surface area contributed by atoms with E-state index in [1.165, 1.54) is 0 Å². The van der Waals surface area contributed by atoms with Crippen molar-refractivity contribution in [2.45, 2.75) is 6.92 Å². The minimum absolute atomic E-state index is 0.194. The standard InChI is InChI=1S/C22H16Cl2N4OS/c1-12-9-18-19(11-17(12)24)27-20(26-18)14-3-2-4-16(10-14)25-22(30)28-21(29)13-5-7-15(23)8-6-13/h2-11H,1H3,(H,26,27)(H2,25,28,29,30). The molecule has 0 radical (unpaired) electrons. The zero-order chi connectivity index (χ0) is 21.3. The fraction of sp³-hybridized carbons (Fsp3) is 0.0455. The van der Waals surface area contributed by atoms with Crippen LogP contribution in [-0.4, -0.2) is 21.0 Å². The molecule has 0 spiro atoms. The van der Waals surface area contributed by atoms with Crippen molar-refractivity contribution in [1.82, 2.24) is 15.3 Å². The van der Waals surface area contributed by atoms with Gasteiger partial charge in [0.15, 0.2) is 5.11 Å². The Hall–Kier alpha value is -2.93. The molecule has 0 fully saturated rings. The van der Waals surface area contributed by atoms with Gasteiger partial charge >= 0.3 is 0 Å². The van der Waals surface area contributed by atoms with E-state index in [-0.39, 0.29) is 11.0 Å². The smallest absolute Gasteiger partial charge is 0.257 e. The van der Waals surface area contributed by atoms with Crippen molar-refractivity contribution in [2.24, 2.45) is 0 Å². The van der Waals surface area contributed by atoms with E-state index in [9.17, 15) is 4.79 Å². The fourth-order valence-electron chi connectivity index (χ4n) is 2.96. The van der Waals surface area contributed by atoms with Crippen molar-refractivity contribution in [3.05, 3.63) is 81.8 Å². The molecule has 0 saturated carbocycles. The Kier molecular flexibility index (Phi) is 5.72. The number of aromatic amines is 1. The molecule has 0 atom stereocenters. The number of carbonyl (C=O) groups is 1.